The highest BCUT2D eigenvalue weighted by molar-refractivity contribution is 6.20. The molecule has 8 nitrogen and oxygen atoms in total. The van der Waals surface area contributed by atoms with Crippen molar-refractivity contribution in [3.05, 3.63) is 35.9 Å². The van der Waals surface area contributed by atoms with E-state index < -0.39 is 29.3 Å². The summed E-state index contributed by atoms with van der Waals surface area (Å²) in [6.45, 7) is 1.24. The summed E-state index contributed by atoms with van der Waals surface area (Å²) in [6, 6.07) is 8.42. The number of fused-ring (bicyclic) bond motifs is 5. The molecular weight excluding hydrogens is 336 g/mol. The van der Waals surface area contributed by atoms with Crippen LogP contribution in [0.2, 0.25) is 0 Å². The number of urea groups is 1. The van der Waals surface area contributed by atoms with E-state index in [2.05, 4.69) is 10.6 Å². The van der Waals surface area contributed by atoms with Crippen molar-refractivity contribution in [1.82, 2.24) is 15.6 Å². The maximum atomic E-state index is 12.8. The summed E-state index contributed by atoms with van der Waals surface area (Å²) in [5.74, 6) is -0.378. The van der Waals surface area contributed by atoms with Crippen LogP contribution in [-0.4, -0.2) is 48.6 Å². The Bertz CT molecular complexity index is 953. The van der Waals surface area contributed by atoms with Crippen molar-refractivity contribution in [2.24, 2.45) is 5.41 Å². The number of rotatable bonds is 0. The van der Waals surface area contributed by atoms with Gasteiger partial charge in [0.05, 0.1) is 24.8 Å². The van der Waals surface area contributed by atoms with Gasteiger partial charge in [-0.05, 0) is 17.7 Å². The number of benzene rings is 1. The number of aromatic nitrogens is 1. The largest absolute Gasteiger partial charge is 0.377 e. The molecule has 26 heavy (non-hydrogen) atoms. The Balaban J connectivity index is 1.72. The third kappa shape index (κ3) is 1.93. The number of imide groups is 2. The summed E-state index contributed by atoms with van der Waals surface area (Å²) in [5, 5.41) is 5.46. The molecular formula is C18H16N4O4. The van der Waals surface area contributed by atoms with Gasteiger partial charge < -0.3 is 9.64 Å². The average Bonchev–Trinajstić information content (AvgIpc) is 2.64. The van der Waals surface area contributed by atoms with E-state index in [1.165, 1.54) is 0 Å². The van der Waals surface area contributed by atoms with Crippen molar-refractivity contribution in [3.8, 4) is 0 Å². The second-order valence-corrected chi connectivity index (χ2v) is 6.83. The van der Waals surface area contributed by atoms with Gasteiger partial charge in [0.1, 0.15) is 5.82 Å². The van der Waals surface area contributed by atoms with E-state index in [0.29, 0.717) is 13.2 Å². The smallest absolute Gasteiger partial charge is 0.328 e. The van der Waals surface area contributed by atoms with Crippen LogP contribution in [0.5, 0.6) is 0 Å². The fraction of sp³-hybridized carbons (Fsp3) is 0.333. The number of para-hydroxylation sites is 1. The molecule has 5 rings (SSSR count). The third-order valence-electron chi connectivity index (χ3n) is 5.48. The molecule has 1 spiro atoms. The van der Waals surface area contributed by atoms with Crippen LogP contribution in [0.3, 0.4) is 0 Å². The Morgan fingerprint density at radius 3 is 2.73 bits per heavy atom. The van der Waals surface area contributed by atoms with Crippen molar-refractivity contribution in [2.75, 3.05) is 24.7 Å². The van der Waals surface area contributed by atoms with Gasteiger partial charge in [0.2, 0.25) is 11.8 Å². The van der Waals surface area contributed by atoms with Crippen molar-refractivity contribution >= 4 is 34.6 Å². The summed E-state index contributed by atoms with van der Waals surface area (Å²) in [7, 11) is 0. The maximum absolute atomic E-state index is 12.8. The quantitative estimate of drug-likeness (QED) is 0.664. The van der Waals surface area contributed by atoms with Crippen LogP contribution in [0.15, 0.2) is 30.3 Å². The lowest BCUT2D eigenvalue weighted by Crippen LogP contribution is -2.73. The van der Waals surface area contributed by atoms with Gasteiger partial charge in [-0.1, -0.05) is 18.2 Å². The Hall–Kier alpha value is -3.00. The number of pyridine rings is 1. The lowest BCUT2D eigenvalue weighted by atomic mass is 9.69. The van der Waals surface area contributed by atoms with Gasteiger partial charge in [-0.15, -0.1) is 0 Å². The third-order valence-corrected chi connectivity index (χ3v) is 5.48. The van der Waals surface area contributed by atoms with Crippen LogP contribution in [0.25, 0.3) is 10.9 Å². The normalized spacial score (nSPS) is 24.1. The predicted octanol–water partition coefficient (Wildman–Crippen LogP) is 0.348. The highest BCUT2D eigenvalue weighted by Crippen LogP contribution is 2.44. The van der Waals surface area contributed by atoms with Crippen LogP contribution < -0.4 is 15.5 Å². The lowest BCUT2D eigenvalue weighted by Gasteiger charge is -2.51. The van der Waals surface area contributed by atoms with Gasteiger partial charge in [-0.2, -0.15) is 0 Å². The van der Waals surface area contributed by atoms with Crippen LogP contribution >= 0.6 is 0 Å². The number of anilines is 1. The van der Waals surface area contributed by atoms with Crippen molar-refractivity contribution in [3.63, 3.8) is 0 Å². The SMILES string of the molecule is O=C1NC(=O)C2(Cc3cc4ccccc4nc3N3CCOCC32)C(=O)N1. The molecule has 2 saturated heterocycles. The zero-order chi connectivity index (χ0) is 17.9. The van der Waals surface area contributed by atoms with Crippen molar-refractivity contribution < 1.29 is 19.1 Å². The monoisotopic (exact) mass is 352 g/mol. The number of barbiturate groups is 1. The molecule has 2 N–H and O–H groups in total. The minimum absolute atomic E-state index is 0.176. The second kappa shape index (κ2) is 5.25. The molecule has 8 heteroatoms. The minimum atomic E-state index is -1.41. The zero-order valence-corrected chi connectivity index (χ0v) is 13.8. The molecule has 132 valence electrons. The second-order valence-electron chi connectivity index (χ2n) is 6.83. The number of nitrogens with one attached hydrogen (secondary N) is 2. The molecule has 3 aliphatic rings. The van der Waals surface area contributed by atoms with Gasteiger partial charge in [-0.3, -0.25) is 20.2 Å². The molecule has 4 amide bonds. The van der Waals surface area contributed by atoms with Crippen LogP contribution in [0, 0.1) is 5.41 Å². The van der Waals surface area contributed by atoms with E-state index in [1.807, 2.05) is 35.2 Å². The number of ether oxygens (including phenoxy) is 1. The molecule has 0 saturated carbocycles. The van der Waals surface area contributed by atoms with Gasteiger partial charge in [-0.25, -0.2) is 9.78 Å². The molecule has 1 aromatic heterocycles. The maximum Gasteiger partial charge on any atom is 0.328 e. The molecule has 0 aliphatic carbocycles. The molecule has 1 unspecified atom stereocenters. The van der Waals surface area contributed by atoms with Crippen LogP contribution in [0.1, 0.15) is 5.56 Å². The van der Waals surface area contributed by atoms with E-state index in [4.69, 9.17) is 9.72 Å². The fourth-order valence-electron chi connectivity index (χ4n) is 4.24. The molecule has 4 heterocycles. The average molecular weight is 352 g/mol. The van der Waals surface area contributed by atoms with E-state index >= 15 is 0 Å². The number of hydrogen-bond donors (Lipinski definition) is 2. The zero-order valence-electron chi connectivity index (χ0n) is 13.8. The number of morpholine rings is 1. The highest BCUT2D eigenvalue weighted by Gasteiger charge is 2.60. The first kappa shape index (κ1) is 15.3. The highest BCUT2D eigenvalue weighted by atomic mass is 16.5. The van der Waals surface area contributed by atoms with Gasteiger partial charge in [0, 0.05) is 18.4 Å². The van der Waals surface area contributed by atoms with Crippen molar-refractivity contribution in [2.45, 2.75) is 12.5 Å². The summed E-state index contributed by atoms with van der Waals surface area (Å²) >= 11 is 0. The van der Waals surface area contributed by atoms with E-state index in [-0.39, 0.29) is 13.0 Å². The minimum Gasteiger partial charge on any atom is -0.377 e. The first-order chi connectivity index (χ1) is 12.6. The lowest BCUT2D eigenvalue weighted by molar-refractivity contribution is -0.148. The first-order valence-corrected chi connectivity index (χ1v) is 8.49. The fourth-order valence-corrected chi connectivity index (χ4v) is 4.24. The number of carbonyl (C=O) groups excluding carboxylic acids is 3. The van der Waals surface area contributed by atoms with Gasteiger partial charge in [0.15, 0.2) is 5.41 Å². The summed E-state index contributed by atoms with van der Waals surface area (Å²) in [5.41, 5.74) is 0.271. The van der Waals surface area contributed by atoms with Crippen molar-refractivity contribution in [1.29, 1.82) is 0 Å². The molecule has 2 aromatic rings. The predicted molar refractivity (Wildman–Crippen MR) is 91.5 cm³/mol. The number of amides is 4. The van der Waals surface area contributed by atoms with Crippen LogP contribution in [0.4, 0.5) is 10.6 Å². The van der Waals surface area contributed by atoms with E-state index in [0.717, 1.165) is 22.3 Å². The molecule has 0 radical (unpaired) electrons. The van der Waals surface area contributed by atoms with Crippen LogP contribution in [-0.2, 0) is 20.7 Å². The molecule has 1 aromatic carbocycles. The first-order valence-electron chi connectivity index (χ1n) is 8.49. The Morgan fingerprint density at radius 1 is 1.15 bits per heavy atom. The Kier molecular flexibility index (Phi) is 3.08. The number of carbonyl (C=O) groups is 3. The standard InChI is InChI=1S/C18H16N4O4/c23-15-18(16(24)21-17(25)20-15)8-11-7-10-3-1-2-4-12(10)19-14(11)22-5-6-26-9-13(18)22/h1-4,7,13H,5-6,8-9H2,(H2,20,21,23,24,25). The topological polar surface area (TPSA) is 101 Å². The van der Waals surface area contributed by atoms with Gasteiger partial charge >= 0.3 is 6.03 Å². The van der Waals surface area contributed by atoms with Gasteiger partial charge in [0.25, 0.3) is 0 Å². The number of nitrogens with zero attached hydrogens (tertiary/aromatic N) is 2. The molecule has 0 bridgehead atoms. The molecule has 1 atom stereocenters. The Labute approximate surface area is 148 Å². The molecule has 2 fully saturated rings. The Morgan fingerprint density at radius 2 is 1.92 bits per heavy atom. The summed E-state index contributed by atoms with van der Waals surface area (Å²) < 4.78 is 5.58. The van der Waals surface area contributed by atoms with E-state index in [1.54, 1.807) is 0 Å². The summed E-state index contributed by atoms with van der Waals surface area (Å²) in [4.78, 5) is 44.0. The molecule has 3 aliphatic heterocycles. The van der Waals surface area contributed by atoms with E-state index in [9.17, 15) is 14.4 Å². The summed E-state index contributed by atoms with van der Waals surface area (Å²) in [6.07, 6.45) is 0.176. The number of hydrogen-bond acceptors (Lipinski definition) is 6.